The van der Waals surface area contributed by atoms with E-state index in [0.29, 0.717) is 17.7 Å². The highest BCUT2D eigenvalue weighted by atomic mass is 79.9. The zero-order valence-electron chi connectivity index (χ0n) is 17.6. The van der Waals surface area contributed by atoms with Gasteiger partial charge >= 0.3 is 5.97 Å². The first-order valence-electron chi connectivity index (χ1n) is 10.3. The highest BCUT2D eigenvalue weighted by Gasteiger charge is 2.43. The van der Waals surface area contributed by atoms with Crippen LogP contribution in [0.25, 0.3) is 0 Å². The van der Waals surface area contributed by atoms with Crippen LogP contribution in [0.2, 0.25) is 0 Å². The number of halogens is 1. The molecule has 0 saturated carbocycles. The van der Waals surface area contributed by atoms with Crippen LogP contribution in [-0.4, -0.2) is 24.6 Å². The van der Waals surface area contributed by atoms with Crippen LogP contribution < -0.4 is 4.74 Å². The Morgan fingerprint density at radius 2 is 1.81 bits per heavy atom. The van der Waals surface area contributed by atoms with E-state index in [2.05, 4.69) is 20.9 Å². The standard InChI is InChI=1S/C25H24BrNO4/c1-15-22(25(29)31-14-16-6-12-19(30-2)13-7-16)23(17-8-10-18(26)11-9-17)24-20(27-15)4-3-5-21(24)28/h6-13,22-23H,3-5,14H2,1-2H3/t22?,23-/m0/s1. The third-order valence-electron chi connectivity index (χ3n) is 5.86. The number of nitrogens with zero attached hydrogens (tertiary/aromatic N) is 1. The molecule has 0 N–H and O–H groups in total. The van der Waals surface area contributed by atoms with E-state index in [4.69, 9.17) is 9.47 Å². The van der Waals surface area contributed by atoms with Crippen molar-refractivity contribution < 1.29 is 19.1 Å². The number of Topliss-reactive ketones (excluding diaryl/α,β-unsaturated/α-hetero) is 1. The number of hydrogen-bond acceptors (Lipinski definition) is 5. The summed E-state index contributed by atoms with van der Waals surface area (Å²) in [6, 6.07) is 15.2. The SMILES string of the molecule is COc1ccc(COC(=O)C2C(C)=NC3=C(C(=O)CCC3)[C@H]2c2ccc(Br)cc2)cc1. The number of hydrogen-bond donors (Lipinski definition) is 0. The van der Waals surface area contributed by atoms with Gasteiger partial charge in [-0.15, -0.1) is 0 Å². The summed E-state index contributed by atoms with van der Waals surface area (Å²) in [4.78, 5) is 30.8. The summed E-state index contributed by atoms with van der Waals surface area (Å²) >= 11 is 3.46. The molecule has 0 fully saturated rings. The molecule has 2 aromatic carbocycles. The molecule has 0 aromatic heterocycles. The average molecular weight is 482 g/mol. The molecule has 0 bridgehead atoms. The second-order valence-corrected chi connectivity index (χ2v) is 8.77. The average Bonchev–Trinajstić information content (AvgIpc) is 2.77. The van der Waals surface area contributed by atoms with E-state index in [9.17, 15) is 9.59 Å². The maximum atomic E-state index is 13.3. The lowest BCUT2D eigenvalue weighted by Crippen LogP contribution is -2.37. The van der Waals surface area contributed by atoms with Gasteiger partial charge in [0.05, 0.1) is 7.11 Å². The number of carbonyl (C=O) groups is 2. The lowest BCUT2D eigenvalue weighted by Gasteiger charge is -2.34. The summed E-state index contributed by atoms with van der Waals surface area (Å²) in [6.45, 7) is 2.01. The van der Waals surface area contributed by atoms with E-state index < -0.39 is 5.92 Å². The second kappa shape index (κ2) is 9.18. The minimum absolute atomic E-state index is 0.0818. The third kappa shape index (κ3) is 4.49. The predicted octanol–water partition coefficient (Wildman–Crippen LogP) is 5.38. The first-order chi connectivity index (χ1) is 15.0. The maximum absolute atomic E-state index is 13.3. The molecule has 5 nitrogen and oxygen atoms in total. The molecule has 0 spiro atoms. The molecule has 0 radical (unpaired) electrons. The van der Waals surface area contributed by atoms with Crippen molar-refractivity contribution >= 4 is 33.4 Å². The first kappa shape index (κ1) is 21.5. The van der Waals surface area contributed by atoms with E-state index in [1.165, 1.54) is 0 Å². The van der Waals surface area contributed by atoms with E-state index in [-0.39, 0.29) is 24.3 Å². The van der Waals surface area contributed by atoms with E-state index in [1.54, 1.807) is 7.11 Å². The summed E-state index contributed by atoms with van der Waals surface area (Å²) in [5, 5.41) is 0. The van der Waals surface area contributed by atoms with Crippen molar-refractivity contribution in [1.29, 1.82) is 0 Å². The van der Waals surface area contributed by atoms with Gasteiger partial charge < -0.3 is 9.47 Å². The minimum atomic E-state index is -0.625. The van der Waals surface area contributed by atoms with Crippen molar-refractivity contribution in [2.75, 3.05) is 7.11 Å². The van der Waals surface area contributed by atoms with Gasteiger partial charge in [-0.25, -0.2) is 0 Å². The number of methoxy groups -OCH3 is 1. The van der Waals surface area contributed by atoms with Gasteiger partial charge in [-0.3, -0.25) is 14.6 Å². The Morgan fingerprint density at radius 1 is 1.10 bits per heavy atom. The number of aliphatic imine (C=N–C) groups is 1. The zero-order chi connectivity index (χ0) is 22.0. The fourth-order valence-corrected chi connectivity index (χ4v) is 4.57. The Hall–Kier alpha value is -2.73. The summed E-state index contributed by atoms with van der Waals surface area (Å²) in [5.41, 5.74) is 3.98. The van der Waals surface area contributed by atoms with E-state index in [0.717, 1.165) is 39.9 Å². The van der Waals surface area contributed by atoms with E-state index in [1.807, 2.05) is 55.5 Å². The Bertz CT molecular complexity index is 1050. The summed E-state index contributed by atoms with van der Waals surface area (Å²) < 4.78 is 11.8. The molecule has 6 heteroatoms. The van der Waals surface area contributed by atoms with Crippen molar-refractivity contribution in [3.05, 3.63) is 75.4 Å². The summed E-state index contributed by atoms with van der Waals surface area (Å²) in [5.74, 6) is -0.541. The topological polar surface area (TPSA) is 65.0 Å². The molecule has 0 amide bonds. The van der Waals surface area contributed by atoms with Gasteiger partial charge in [0.25, 0.3) is 0 Å². The van der Waals surface area contributed by atoms with Gasteiger partial charge in [0, 0.05) is 33.8 Å². The van der Waals surface area contributed by atoms with Gasteiger partial charge in [0.15, 0.2) is 5.78 Å². The molecule has 1 heterocycles. The van der Waals surface area contributed by atoms with Crippen LogP contribution in [0.1, 0.15) is 43.2 Å². The van der Waals surface area contributed by atoms with Gasteiger partial charge in [-0.2, -0.15) is 0 Å². The molecule has 0 saturated heterocycles. The molecule has 4 rings (SSSR count). The van der Waals surface area contributed by atoms with Crippen molar-refractivity contribution in [1.82, 2.24) is 0 Å². The van der Waals surface area contributed by atoms with Crippen LogP contribution in [0.15, 0.2) is 69.3 Å². The van der Waals surface area contributed by atoms with Crippen molar-refractivity contribution in [3.8, 4) is 5.75 Å². The molecule has 2 aromatic rings. The Morgan fingerprint density at radius 3 is 2.48 bits per heavy atom. The number of ether oxygens (including phenoxy) is 2. The number of carbonyl (C=O) groups excluding carboxylic acids is 2. The molecule has 1 aliphatic carbocycles. The summed E-state index contributed by atoms with van der Waals surface area (Å²) in [7, 11) is 1.61. The first-order valence-corrected chi connectivity index (χ1v) is 11.1. The summed E-state index contributed by atoms with van der Waals surface area (Å²) in [6.07, 6.45) is 2.06. The number of ketones is 1. The van der Waals surface area contributed by atoms with Crippen LogP contribution in [0.5, 0.6) is 5.75 Å². The normalized spacial score (nSPS) is 20.7. The van der Waals surface area contributed by atoms with Gasteiger partial charge in [0.1, 0.15) is 18.3 Å². The van der Waals surface area contributed by atoms with Crippen LogP contribution in [0, 0.1) is 5.92 Å². The molecule has 31 heavy (non-hydrogen) atoms. The van der Waals surface area contributed by atoms with Gasteiger partial charge in [-0.1, -0.05) is 40.2 Å². The largest absolute Gasteiger partial charge is 0.497 e. The fraction of sp³-hybridized carbons (Fsp3) is 0.320. The second-order valence-electron chi connectivity index (χ2n) is 7.85. The van der Waals surface area contributed by atoms with Crippen molar-refractivity contribution in [2.24, 2.45) is 10.9 Å². The Balaban J connectivity index is 1.64. The highest BCUT2D eigenvalue weighted by Crippen LogP contribution is 2.43. The molecule has 160 valence electrons. The zero-order valence-corrected chi connectivity index (χ0v) is 19.1. The van der Waals surface area contributed by atoms with Gasteiger partial charge in [0.2, 0.25) is 0 Å². The van der Waals surface area contributed by atoms with Crippen LogP contribution in [0.3, 0.4) is 0 Å². The third-order valence-corrected chi connectivity index (χ3v) is 6.39. The Kier molecular flexibility index (Phi) is 6.37. The lowest BCUT2D eigenvalue weighted by molar-refractivity contribution is -0.148. The van der Waals surface area contributed by atoms with Crippen molar-refractivity contribution in [2.45, 2.75) is 38.7 Å². The lowest BCUT2D eigenvalue weighted by atomic mass is 9.72. The van der Waals surface area contributed by atoms with Crippen LogP contribution >= 0.6 is 15.9 Å². The fourth-order valence-electron chi connectivity index (χ4n) is 4.31. The number of esters is 1. The monoisotopic (exact) mass is 481 g/mol. The van der Waals surface area contributed by atoms with Gasteiger partial charge in [-0.05, 0) is 55.2 Å². The quantitative estimate of drug-likeness (QED) is 0.537. The molecule has 2 aliphatic rings. The molecule has 1 aliphatic heterocycles. The molecule has 2 atom stereocenters. The molecule has 1 unspecified atom stereocenters. The van der Waals surface area contributed by atoms with Crippen LogP contribution in [0.4, 0.5) is 0 Å². The van der Waals surface area contributed by atoms with Crippen molar-refractivity contribution in [3.63, 3.8) is 0 Å². The predicted molar refractivity (Wildman–Crippen MR) is 122 cm³/mol. The Labute approximate surface area is 190 Å². The molecular weight excluding hydrogens is 458 g/mol. The highest BCUT2D eigenvalue weighted by molar-refractivity contribution is 9.10. The number of benzene rings is 2. The van der Waals surface area contributed by atoms with Crippen LogP contribution in [-0.2, 0) is 20.9 Å². The minimum Gasteiger partial charge on any atom is -0.497 e. The number of rotatable bonds is 5. The smallest absolute Gasteiger partial charge is 0.315 e. The maximum Gasteiger partial charge on any atom is 0.315 e. The number of allylic oxidation sites excluding steroid dienone is 2. The van der Waals surface area contributed by atoms with E-state index >= 15 is 0 Å². The molecular formula is C25H24BrNO4.